The van der Waals surface area contributed by atoms with Crippen LogP contribution in [0.4, 0.5) is 0 Å². The van der Waals surface area contributed by atoms with E-state index < -0.39 is 0 Å². The Morgan fingerprint density at radius 3 is 2.12 bits per heavy atom. The molecule has 0 saturated heterocycles. The maximum absolute atomic E-state index is 4.60. The molecule has 2 nitrogen and oxygen atoms in total. The van der Waals surface area contributed by atoms with Gasteiger partial charge in [0.25, 0.3) is 0 Å². The van der Waals surface area contributed by atoms with E-state index in [1.807, 2.05) is 35.1 Å². The normalized spacial score (nSPS) is 19.1. The first-order valence-electron chi connectivity index (χ1n) is 13.1. The summed E-state index contributed by atoms with van der Waals surface area (Å²) in [5.41, 5.74) is 1.23. The standard InChI is InChI=1S/C28H40N2S2/c1-3-5-6-7-8-10-21-11-13-22(14-12-21)15-16-24-17-25-26(31-24)18-27(32-25)28-29-19-23(9-4-2)20-30-28/h17-22H,3-16H2,1-2H3/t21-,22-. The number of hydrogen-bond acceptors (Lipinski definition) is 4. The number of rotatable bonds is 12. The van der Waals surface area contributed by atoms with Gasteiger partial charge in [0.05, 0.1) is 4.88 Å². The Morgan fingerprint density at radius 1 is 0.750 bits per heavy atom. The second-order valence-corrected chi connectivity index (χ2v) is 12.1. The quantitative estimate of drug-likeness (QED) is 0.247. The van der Waals surface area contributed by atoms with E-state index in [9.17, 15) is 0 Å². The topological polar surface area (TPSA) is 25.8 Å². The molecule has 3 aromatic rings. The van der Waals surface area contributed by atoms with E-state index in [0.29, 0.717) is 0 Å². The summed E-state index contributed by atoms with van der Waals surface area (Å²) in [5, 5.41) is 0. The lowest BCUT2D eigenvalue weighted by molar-refractivity contribution is 0.249. The molecule has 1 saturated carbocycles. The smallest absolute Gasteiger partial charge is 0.169 e. The van der Waals surface area contributed by atoms with Crippen molar-refractivity contribution >= 4 is 32.1 Å². The van der Waals surface area contributed by atoms with E-state index >= 15 is 0 Å². The minimum atomic E-state index is 0.877. The van der Waals surface area contributed by atoms with Crippen LogP contribution in [0.3, 0.4) is 0 Å². The van der Waals surface area contributed by atoms with Crippen molar-refractivity contribution in [2.75, 3.05) is 0 Å². The summed E-state index contributed by atoms with van der Waals surface area (Å²) in [7, 11) is 0. The molecule has 1 aliphatic rings. The van der Waals surface area contributed by atoms with Crippen molar-refractivity contribution in [2.45, 2.75) is 104 Å². The fraction of sp³-hybridized carbons (Fsp3) is 0.643. The van der Waals surface area contributed by atoms with Crippen LogP contribution in [0, 0.1) is 11.8 Å². The maximum Gasteiger partial charge on any atom is 0.169 e. The number of nitrogens with zero attached hydrogens (tertiary/aromatic N) is 2. The van der Waals surface area contributed by atoms with Gasteiger partial charge < -0.3 is 0 Å². The van der Waals surface area contributed by atoms with Crippen LogP contribution in [0.5, 0.6) is 0 Å². The number of aromatic nitrogens is 2. The predicted octanol–water partition coefficient (Wildman–Crippen LogP) is 9.47. The summed E-state index contributed by atoms with van der Waals surface area (Å²) in [6.07, 6.45) is 23.4. The minimum Gasteiger partial charge on any atom is -0.236 e. The van der Waals surface area contributed by atoms with Gasteiger partial charge in [0.1, 0.15) is 0 Å². The molecule has 0 amide bonds. The number of hydrogen-bond donors (Lipinski definition) is 0. The minimum absolute atomic E-state index is 0.877. The Morgan fingerprint density at radius 2 is 1.44 bits per heavy atom. The first kappa shape index (κ1) is 23.9. The van der Waals surface area contributed by atoms with E-state index in [-0.39, 0.29) is 0 Å². The molecule has 0 atom stereocenters. The highest BCUT2D eigenvalue weighted by molar-refractivity contribution is 7.29. The third-order valence-corrected chi connectivity index (χ3v) is 9.55. The molecule has 3 heterocycles. The molecule has 0 aliphatic heterocycles. The highest BCUT2D eigenvalue weighted by atomic mass is 32.1. The Kier molecular flexibility index (Phi) is 9.16. The van der Waals surface area contributed by atoms with Gasteiger partial charge in [-0.2, -0.15) is 0 Å². The van der Waals surface area contributed by atoms with Crippen molar-refractivity contribution in [2.24, 2.45) is 11.8 Å². The number of thiophene rings is 2. The van der Waals surface area contributed by atoms with E-state index in [1.54, 1.807) is 4.88 Å². The molecule has 1 fully saturated rings. The molecule has 0 N–H and O–H groups in total. The molecule has 4 heteroatoms. The van der Waals surface area contributed by atoms with Crippen LogP contribution >= 0.6 is 22.7 Å². The summed E-state index contributed by atoms with van der Waals surface area (Å²) in [5.74, 6) is 2.86. The van der Waals surface area contributed by atoms with Gasteiger partial charge in [0, 0.05) is 26.7 Å². The van der Waals surface area contributed by atoms with Crippen LogP contribution < -0.4 is 0 Å². The average molecular weight is 469 g/mol. The molecule has 0 spiro atoms. The van der Waals surface area contributed by atoms with Crippen molar-refractivity contribution < 1.29 is 0 Å². The summed E-state index contributed by atoms with van der Waals surface area (Å²) >= 11 is 3.84. The van der Waals surface area contributed by atoms with Crippen molar-refractivity contribution in [3.05, 3.63) is 35.0 Å². The molecule has 0 radical (unpaired) electrons. The first-order chi connectivity index (χ1) is 15.7. The van der Waals surface area contributed by atoms with Crippen molar-refractivity contribution in [1.29, 1.82) is 0 Å². The Hall–Kier alpha value is -1.26. The molecular weight excluding hydrogens is 428 g/mol. The third kappa shape index (κ3) is 6.63. The number of aryl methyl sites for hydroxylation is 2. The van der Waals surface area contributed by atoms with Crippen LogP contribution in [-0.4, -0.2) is 9.97 Å². The maximum atomic E-state index is 4.60. The van der Waals surface area contributed by atoms with Gasteiger partial charge in [0.15, 0.2) is 5.82 Å². The Balaban J connectivity index is 1.21. The van der Waals surface area contributed by atoms with Gasteiger partial charge in [-0.15, -0.1) is 22.7 Å². The highest BCUT2D eigenvalue weighted by Crippen LogP contribution is 2.39. The van der Waals surface area contributed by atoms with Crippen LogP contribution in [0.2, 0.25) is 0 Å². The predicted molar refractivity (Wildman–Crippen MR) is 142 cm³/mol. The largest absolute Gasteiger partial charge is 0.236 e. The SMILES string of the molecule is CCCCCCC[C@H]1CC[C@H](CCc2cc3sc(-c4ncc(CCC)cn4)cc3s2)CC1. The molecule has 1 aliphatic carbocycles. The third-order valence-electron chi connectivity index (χ3n) is 7.20. The molecule has 0 aromatic carbocycles. The number of unbranched alkanes of at least 4 members (excludes halogenated alkanes) is 4. The molecule has 174 valence electrons. The monoisotopic (exact) mass is 468 g/mol. The van der Waals surface area contributed by atoms with Gasteiger partial charge >= 0.3 is 0 Å². The zero-order valence-corrected chi connectivity index (χ0v) is 21.7. The van der Waals surface area contributed by atoms with E-state index in [2.05, 4.69) is 35.9 Å². The fourth-order valence-electron chi connectivity index (χ4n) is 5.21. The van der Waals surface area contributed by atoms with Crippen molar-refractivity contribution in [3.63, 3.8) is 0 Å². The molecule has 4 rings (SSSR count). The van der Waals surface area contributed by atoms with Gasteiger partial charge in [-0.25, -0.2) is 9.97 Å². The summed E-state index contributed by atoms with van der Waals surface area (Å²) in [6.45, 7) is 4.50. The van der Waals surface area contributed by atoms with Crippen LogP contribution in [-0.2, 0) is 12.8 Å². The van der Waals surface area contributed by atoms with Crippen molar-refractivity contribution in [3.8, 4) is 10.7 Å². The van der Waals surface area contributed by atoms with E-state index in [1.165, 1.54) is 96.9 Å². The Labute approximate surface area is 202 Å². The summed E-state index contributed by atoms with van der Waals surface area (Å²) in [6, 6.07) is 4.73. The lowest BCUT2D eigenvalue weighted by Crippen LogP contribution is -2.15. The Bertz CT molecular complexity index is 901. The van der Waals surface area contributed by atoms with Gasteiger partial charge in [-0.3, -0.25) is 0 Å². The first-order valence-corrected chi connectivity index (χ1v) is 14.7. The molecule has 32 heavy (non-hydrogen) atoms. The zero-order valence-electron chi connectivity index (χ0n) is 20.1. The zero-order chi connectivity index (χ0) is 22.2. The lowest BCUT2D eigenvalue weighted by atomic mass is 9.78. The highest BCUT2D eigenvalue weighted by Gasteiger charge is 2.21. The molecule has 0 bridgehead atoms. The van der Waals surface area contributed by atoms with Gasteiger partial charge in [0.2, 0.25) is 0 Å². The summed E-state index contributed by atoms with van der Waals surface area (Å²) < 4.78 is 2.82. The molecule has 3 aromatic heterocycles. The number of fused-ring (bicyclic) bond motifs is 1. The van der Waals surface area contributed by atoms with Crippen LogP contribution in [0.25, 0.3) is 20.1 Å². The van der Waals surface area contributed by atoms with Gasteiger partial charge in [-0.05, 0) is 48.8 Å². The average Bonchev–Trinajstić information content (AvgIpc) is 3.38. The van der Waals surface area contributed by atoms with E-state index in [4.69, 9.17) is 0 Å². The van der Waals surface area contributed by atoms with E-state index in [0.717, 1.165) is 30.5 Å². The summed E-state index contributed by atoms with van der Waals surface area (Å²) in [4.78, 5) is 12.0. The van der Waals surface area contributed by atoms with Crippen LogP contribution in [0.15, 0.2) is 24.5 Å². The lowest BCUT2D eigenvalue weighted by Gasteiger charge is -2.28. The molecule has 0 unspecified atom stereocenters. The molecular formula is C28H40N2S2. The van der Waals surface area contributed by atoms with Gasteiger partial charge in [-0.1, -0.05) is 84.5 Å². The van der Waals surface area contributed by atoms with Crippen LogP contribution in [0.1, 0.15) is 101 Å². The second-order valence-electron chi connectivity index (χ2n) is 9.85. The van der Waals surface area contributed by atoms with Crippen molar-refractivity contribution in [1.82, 2.24) is 9.97 Å². The second kappa shape index (κ2) is 12.3. The fourth-order valence-corrected chi connectivity index (χ4v) is 7.60.